The van der Waals surface area contributed by atoms with Gasteiger partial charge in [-0.15, -0.1) is 0 Å². The average Bonchev–Trinajstić information content (AvgIpc) is 2.18. The van der Waals surface area contributed by atoms with Crippen molar-refractivity contribution in [3.05, 3.63) is 0 Å². The van der Waals surface area contributed by atoms with Crippen molar-refractivity contribution in [2.75, 3.05) is 6.54 Å². The predicted molar refractivity (Wildman–Crippen MR) is 53.2 cm³/mol. The summed E-state index contributed by atoms with van der Waals surface area (Å²) in [4.78, 5) is 9.71. The van der Waals surface area contributed by atoms with Crippen LogP contribution in [0.1, 0.15) is 32.6 Å². The number of urea groups is 1. The number of unbranched alkanes of at least 4 members (excludes halogenated alkanes) is 3. The normalized spacial score (nSPS) is 8.31. The fourth-order valence-electron chi connectivity index (χ4n) is 0.613. The third-order valence-electron chi connectivity index (χ3n) is 1.32. The van der Waals surface area contributed by atoms with Crippen LogP contribution in [0.3, 0.4) is 0 Å². The number of hydrazine groups is 2. The largest absolute Gasteiger partial charge is 0.343 e. The maximum atomic E-state index is 9.71. The zero-order chi connectivity index (χ0) is 10.5. The molecule has 0 rings (SSSR count). The van der Waals surface area contributed by atoms with Crippen molar-refractivity contribution in [1.82, 2.24) is 10.9 Å². The van der Waals surface area contributed by atoms with Gasteiger partial charge in [-0.05, 0) is 13.0 Å². The van der Waals surface area contributed by atoms with Gasteiger partial charge in [-0.1, -0.05) is 26.2 Å². The van der Waals surface area contributed by atoms with Gasteiger partial charge in [0.2, 0.25) is 0 Å². The second kappa shape index (κ2) is 13.7. The monoisotopic (exact) mass is 191 g/mol. The van der Waals surface area contributed by atoms with Gasteiger partial charge in [0.1, 0.15) is 0 Å². The summed E-state index contributed by atoms with van der Waals surface area (Å²) < 4.78 is 0. The fraction of sp³-hybridized carbons (Fsp3) is 0.857. The molecule has 0 aliphatic carbocycles. The standard InChI is InChI=1S/C6H15N.CH6N4O/c1-2-3-4-5-6-7;2-4-1(6)5-3/h2-7H2,1H3;2-3H2,(H2,4,5,6). The number of rotatable bonds is 4. The van der Waals surface area contributed by atoms with Crippen LogP contribution in [-0.2, 0) is 0 Å². The average molecular weight is 191 g/mol. The molecule has 13 heavy (non-hydrogen) atoms. The van der Waals surface area contributed by atoms with Crippen LogP contribution in [-0.4, -0.2) is 12.6 Å². The molecular formula is C7H21N5O. The molecule has 80 valence electrons. The Balaban J connectivity index is 0. The summed E-state index contributed by atoms with van der Waals surface area (Å²) in [7, 11) is 0. The first-order valence-corrected chi connectivity index (χ1v) is 4.40. The van der Waals surface area contributed by atoms with E-state index in [2.05, 4.69) is 18.6 Å². The number of carbonyl (C=O) groups is 1. The molecule has 0 bridgehead atoms. The molecule has 0 aliphatic heterocycles. The second-order valence-electron chi connectivity index (χ2n) is 2.47. The van der Waals surface area contributed by atoms with Crippen LogP contribution in [0.4, 0.5) is 4.79 Å². The van der Waals surface area contributed by atoms with Gasteiger partial charge >= 0.3 is 6.03 Å². The summed E-state index contributed by atoms with van der Waals surface area (Å²) in [5.41, 5.74) is 8.75. The first-order chi connectivity index (χ1) is 6.22. The van der Waals surface area contributed by atoms with Crippen molar-refractivity contribution < 1.29 is 4.79 Å². The molecule has 0 saturated heterocycles. The van der Waals surface area contributed by atoms with E-state index in [1.54, 1.807) is 10.9 Å². The van der Waals surface area contributed by atoms with Crippen molar-refractivity contribution in [1.29, 1.82) is 0 Å². The van der Waals surface area contributed by atoms with Gasteiger partial charge in [0.25, 0.3) is 0 Å². The van der Waals surface area contributed by atoms with Gasteiger partial charge in [0.15, 0.2) is 0 Å². The van der Waals surface area contributed by atoms with E-state index in [0.717, 1.165) is 6.54 Å². The zero-order valence-electron chi connectivity index (χ0n) is 8.18. The van der Waals surface area contributed by atoms with Crippen molar-refractivity contribution >= 4 is 6.03 Å². The predicted octanol–water partition coefficient (Wildman–Crippen LogP) is -0.442. The first-order valence-electron chi connectivity index (χ1n) is 4.40. The number of carbonyl (C=O) groups excluding carboxylic acids is 1. The number of hydrogen-bond acceptors (Lipinski definition) is 4. The second-order valence-corrected chi connectivity index (χ2v) is 2.47. The lowest BCUT2D eigenvalue weighted by Gasteiger charge is -1.90. The van der Waals surface area contributed by atoms with Crippen LogP contribution in [0, 0.1) is 0 Å². The van der Waals surface area contributed by atoms with Crippen LogP contribution in [0.2, 0.25) is 0 Å². The molecule has 0 aromatic carbocycles. The lowest BCUT2D eigenvalue weighted by Crippen LogP contribution is -2.43. The Labute approximate surface area is 79.2 Å². The Kier molecular flexibility index (Phi) is 15.5. The van der Waals surface area contributed by atoms with Crippen molar-refractivity contribution in [2.24, 2.45) is 17.4 Å². The van der Waals surface area contributed by atoms with E-state index in [1.165, 1.54) is 25.7 Å². The van der Waals surface area contributed by atoms with E-state index in [-0.39, 0.29) is 0 Å². The van der Waals surface area contributed by atoms with E-state index in [9.17, 15) is 4.79 Å². The lowest BCUT2D eigenvalue weighted by atomic mass is 10.2. The quantitative estimate of drug-likeness (QED) is 0.179. The van der Waals surface area contributed by atoms with E-state index < -0.39 is 6.03 Å². The van der Waals surface area contributed by atoms with E-state index in [4.69, 9.17) is 5.73 Å². The Bertz CT molecular complexity index is 99.1. The fourth-order valence-corrected chi connectivity index (χ4v) is 0.613. The summed E-state index contributed by atoms with van der Waals surface area (Å²) in [6, 6.07) is -0.602. The molecular weight excluding hydrogens is 170 g/mol. The highest BCUT2D eigenvalue weighted by atomic mass is 16.2. The molecule has 0 spiro atoms. The molecule has 0 saturated carbocycles. The molecule has 0 heterocycles. The van der Waals surface area contributed by atoms with Crippen LogP contribution in [0.5, 0.6) is 0 Å². The number of nitrogens with one attached hydrogen (secondary N) is 2. The van der Waals surface area contributed by atoms with E-state index in [0.29, 0.717) is 0 Å². The van der Waals surface area contributed by atoms with Crippen molar-refractivity contribution in [2.45, 2.75) is 32.6 Å². The topological polar surface area (TPSA) is 119 Å². The number of nitrogens with two attached hydrogens (primary N) is 3. The first kappa shape index (κ1) is 14.7. The van der Waals surface area contributed by atoms with Crippen LogP contribution in [0.15, 0.2) is 0 Å². The maximum absolute atomic E-state index is 9.71. The molecule has 0 aliphatic rings. The SMILES string of the molecule is CCCCCCN.NNC(=O)NN. The number of amides is 2. The molecule has 2 amide bonds. The smallest absolute Gasteiger partial charge is 0.330 e. The van der Waals surface area contributed by atoms with Gasteiger partial charge in [0, 0.05) is 0 Å². The van der Waals surface area contributed by atoms with Crippen LogP contribution < -0.4 is 28.3 Å². The van der Waals surface area contributed by atoms with Gasteiger partial charge in [-0.3, -0.25) is 10.9 Å². The Hall–Kier alpha value is -0.850. The minimum atomic E-state index is -0.602. The third kappa shape index (κ3) is 18.3. The summed E-state index contributed by atoms with van der Waals surface area (Å²) >= 11 is 0. The highest BCUT2D eigenvalue weighted by molar-refractivity contribution is 5.72. The van der Waals surface area contributed by atoms with Gasteiger partial charge in [-0.25, -0.2) is 16.5 Å². The van der Waals surface area contributed by atoms with Crippen LogP contribution in [0.25, 0.3) is 0 Å². The maximum Gasteiger partial charge on any atom is 0.343 e. The molecule has 8 N–H and O–H groups in total. The van der Waals surface area contributed by atoms with Crippen LogP contribution >= 0.6 is 0 Å². The molecule has 6 nitrogen and oxygen atoms in total. The highest BCUT2D eigenvalue weighted by Crippen LogP contribution is 1.95. The highest BCUT2D eigenvalue weighted by Gasteiger charge is 1.83. The molecule has 0 unspecified atom stereocenters. The Morgan fingerprint density at radius 2 is 1.69 bits per heavy atom. The van der Waals surface area contributed by atoms with E-state index in [1.807, 2.05) is 0 Å². The third-order valence-corrected chi connectivity index (χ3v) is 1.32. The Morgan fingerprint density at radius 3 is 1.92 bits per heavy atom. The van der Waals surface area contributed by atoms with Gasteiger partial charge in [-0.2, -0.15) is 0 Å². The zero-order valence-corrected chi connectivity index (χ0v) is 8.18. The molecule has 0 atom stereocenters. The molecule has 0 fully saturated rings. The summed E-state index contributed by atoms with van der Waals surface area (Å²) in [5, 5.41) is 0. The van der Waals surface area contributed by atoms with Gasteiger partial charge in [0.05, 0.1) is 0 Å². The minimum Gasteiger partial charge on any atom is -0.330 e. The Morgan fingerprint density at radius 1 is 1.15 bits per heavy atom. The number of hydrogen-bond donors (Lipinski definition) is 5. The lowest BCUT2D eigenvalue weighted by molar-refractivity contribution is 0.241. The summed E-state index contributed by atoms with van der Waals surface area (Å²) in [6.45, 7) is 3.07. The molecule has 6 heteroatoms. The van der Waals surface area contributed by atoms with Crippen molar-refractivity contribution in [3.8, 4) is 0 Å². The molecule has 0 radical (unpaired) electrons. The molecule has 0 aromatic heterocycles. The van der Waals surface area contributed by atoms with Gasteiger partial charge < -0.3 is 5.73 Å². The van der Waals surface area contributed by atoms with E-state index >= 15 is 0 Å². The van der Waals surface area contributed by atoms with Crippen molar-refractivity contribution in [3.63, 3.8) is 0 Å². The summed E-state index contributed by atoms with van der Waals surface area (Å²) in [5.74, 6) is 9.08. The minimum absolute atomic E-state index is 0.602. The molecule has 0 aromatic rings. The summed E-state index contributed by atoms with van der Waals surface area (Å²) in [6.07, 6.45) is 5.16.